The van der Waals surface area contributed by atoms with E-state index in [0.717, 1.165) is 16.4 Å². The maximum Gasteiger partial charge on any atom is 0.416 e. The summed E-state index contributed by atoms with van der Waals surface area (Å²) in [5.74, 6) is -1.03. The molecule has 1 aliphatic rings. The molecule has 1 N–H and O–H groups in total. The number of amides is 1. The van der Waals surface area contributed by atoms with E-state index >= 15 is 0 Å². The molecular weight excluding hydrogens is 475 g/mol. The number of nitrogens with zero attached hydrogens (tertiary/aromatic N) is 2. The molecule has 0 radical (unpaired) electrons. The van der Waals surface area contributed by atoms with Crippen LogP contribution in [0, 0.1) is 0 Å². The highest BCUT2D eigenvalue weighted by Crippen LogP contribution is 2.35. The quantitative estimate of drug-likeness (QED) is 0.589. The number of carbonyl (C=O) groups is 2. The third-order valence-electron chi connectivity index (χ3n) is 5.29. The van der Waals surface area contributed by atoms with E-state index in [1.807, 2.05) is 0 Å². The van der Waals surface area contributed by atoms with Gasteiger partial charge in [-0.05, 0) is 37.3 Å². The van der Waals surface area contributed by atoms with Gasteiger partial charge in [0.05, 0.1) is 41.6 Å². The van der Waals surface area contributed by atoms with Crippen molar-refractivity contribution in [1.29, 1.82) is 0 Å². The fourth-order valence-electron chi connectivity index (χ4n) is 3.41. The van der Waals surface area contributed by atoms with Crippen LogP contribution in [-0.4, -0.2) is 64.3 Å². The van der Waals surface area contributed by atoms with Gasteiger partial charge in [-0.15, -0.1) is 0 Å². The van der Waals surface area contributed by atoms with Crippen LogP contribution in [0.15, 0.2) is 47.4 Å². The lowest BCUT2D eigenvalue weighted by Crippen LogP contribution is -2.38. The number of anilines is 2. The van der Waals surface area contributed by atoms with Crippen molar-refractivity contribution in [3.8, 4) is 0 Å². The summed E-state index contributed by atoms with van der Waals surface area (Å²) in [5.41, 5.74) is -0.292. The zero-order chi connectivity index (χ0) is 25.1. The Morgan fingerprint density at radius 2 is 1.71 bits per heavy atom. The maximum atomic E-state index is 13.3. The molecule has 0 aromatic heterocycles. The second-order valence-electron chi connectivity index (χ2n) is 7.72. The Labute approximate surface area is 195 Å². The minimum absolute atomic E-state index is 0.0710. The maximum absolute atomic E-state index is 13.3. The fourth-order valence-corrected chi connectivity index (χ4v) is 4.54. The number of ether oxygens (including phenoxy) is 1. The van der Waals surface area contributed by atoms with Crippen molar-refractivity contribution in [1.82, 2.24) is 4.31 Å². The average molecular weight is 500 g/mol. The first-order chi connectivity index (χ1) is 15.9. The molecule has 1 amide bonds. The lowest BCUT2D eigenvalue weighted by atomic mass is 10.1. The Bertz CT molecular complexity index is 1160. The molecule has 12 heteroatoms. The van der Waals surface area contributed by atoms with E-state index in [2.05, 4.69) is 5.32 Å². The molecular formula is C22H24F3N3O5S. The molecule has 0 saturated carbocycles. The molecule has 0 aliphatic carbocycles. The number of halogens is 3. The number of hydrogen-bond acceptors (Lipinski definition) is 6. The predicted molar refractivity (Wildman–Crippen MR) is 119 cm³/mol. The highest BCUT2D eigenvalue weighted by molar-refractivity contribution is 7.89. The molecule has 34 heavy (non-hydrogen) atoms. The summed E-state index contributed by atoms with van der Waals surface area (Å²) in [6.07, 6.45) is -4.62. The number of rotatable bonds is 7. The van der Waals surface area contributed by atoms with E-state index in [1.165, 1.54) is 44.3 Å². The Balaban J connectivity index is 1.80. The molecule has 8 nitrogen and oxygen atoms in total. The highest BCUT2D eigenvalue weighted by Gasteiger charge is 2.32. The Morgan fingerprint density at radius 3 is 2.26 bits per heavy atom. The van der Waals surface area contributed by atoms with Crippen LogP contribution in [0.4, 0.5) is 24.5 Å². The monoisotopic (exact) mass is 499 g/mol. The van der Waals surface area contributed by atoms with Gasteiger partial charge in [0, 0.05) is 25.7 Å². The van der Waals surface area contributed by atoms with Crippen LogP contribution in [0.25, 0.3) is 0 Å². The number of morpholine rings is 1. The second kappa shape index (κ2) is 10.1. The normalized spacial score (nSPS) is 14.8. The first kappa shape index (κ1) is 25.7. The van der Waals surface area contributed by atoms with Gasteiger partial charge in [-0.25, -0.2) is 8.42 Å². The number of hydrogen-bond donors (Lipinski definition) is 1. The minimum atomic E-state index is -4.62. The minimum Gasteiger partial charge on any atom is -0.378 e. The summed E-state index contributed by atoms with van der Waals surface area (Å²) in [7, 11) is -2.89. The highest BCUT2D eigenvalue weighted by atomic mass is 32.2. The van der Waals surface area contributed by atoms with Crippen LogP contribution in [0.2, 0.25) is 0 Å². The molecule has 0 atom stereocenters. The summed E-state index contributed by atoms with van der Waals surface area (Å²) >= 11 is 0. The van der Waals surface area contributed by atoms with Gasteiger partial charge in [-0.3, -0.25) is 9.59 Å². The molecule has 3 rings (SSSR count). The van der Waals surface area contributed by atoms with Gasteiger partial charge in [0.25, 0.3) is 0 Å². The number of likely N-dealkylation sites (N-methyl/N-ethyl adjacent to an activating group) is 1. The van der Waals surface area contributed by atoms with Crippen LogP contribution >= 0.6 is 0 Å². The third-order valence-corrected chi connectivity index (χ3v) is 7.10. The van der Waals surface area contributed by atoms with E-state index in [0.29, 0.717) is 37.6 Å². The molecule has 1 heterocycles. The van der Waals surface area contributed by atoms with Crippen LogP contribution in [0.1, 0.15) is 22.8 Å². The van der Waals surface area contributed by atoms with E-state index < -0.39 is 34.2 Å². The van der Waals surface area contributed by atoms with Crippen molar-refractivity contribution in [2.45, 2.75) is 18.0 Å². The van der Waals surface area contributed by atoms with Gasteiger partial charge in [0.1, 0.15) is 0 Å². The topological polar surface area (TPSA) is 96.0 Å². The lowest BCUT2D eigenvalue weighted by molar-refractivity contribution is -0.137. The van der Waals surface area contributed by atoms with Crippen LogP contribution in [0.3, 0.4) is 0 Å². The van der Waals surface area contributed by atoms with E-state index in [-0.39, 0.29) is 16.4 Å². The zero-order valence-corrected chi connectivity index (χ0v) is 19.4. The average Bonchev–Trinajstić information content (AvgIpc) is 2.79. The Hall–Kier alpha value is -2.96. The summed E-state index contributed by atoms with van der Waals surface area (Å²) < 4.78 is 71.4. The molecule has 184 valence electrons. The summed E-state index contributed by atoms with van der Waals surface area (Å²) in [4.78, 5) is 25.7. The summed E-state index contributed by atoms with van der Waals surface area (Å²) in [6.45, 7) is 2.35. The second-order valence-corrected chi connectivity index (χ2v) is 9.76. The molecule has 0 spiro atoms. The number of benzene rings is 2. The number of carbonyl (C=O) groups excluding carboxylic acids is 2. The van der Waals surface area contributed by atoms with Crippen LogP contribution < -0.4 is 10.2 Å². The molecule has 1 fully saturated rings. The number of nitrogens with one attached hydrogen (secondary N) is 1. The third kappa shape index (κ3) is 5.93. The molecule has 1 aliphatic heterocycles. The molecule has 2 aromatic carbocycles. The molecule has 2 aromatic rings. The SMILES string of the molecule is CC(=O)c1ccc(S(=O)(=O)N(C)CC(=O)Nc2cc(C(F)(F)F)ccc2N2CCOCC2)cc1. The smallest absolute Gasteiger partial charge is 0.378 e. The van der Waals surface area contributed by atoms with E-state index in [9.17, 15) is 31.2 Å². The number of ketones is 1. The number of Topliss-reactive ketones (excluding diaryl/α,β-unsaturated/α-hetero) is 1. The van der Waals surface area contributed by atoms with Gasteiger partial charge >= 0.3 is 6.18 Å². The van der Waals surface area contributed by atoms with Crippen molar-refractivity contribution in [3.05, 3.63) is 53.6 Å². The number of sulfonamides is 1. The van der Waals surface area contributed by atoms with Gasteiger partial charge in [-0.1, -0.05) is 12.1 Å². The van der Waals surface area contributed by atoms with Crippen molar-refractivity contribution >= 4 is 33.1 Å². The lowest BCUT2D eigenvalue weighted by Gasteiger charge is -2.31. The van der Waals surface area contributed by atoms with E-state index in [4.69, 9.17) is 4.74 Å². The van der Waals surface area contributed by atoms with Crippen LogP contribution in [0.5, 0.6) is 0 Å². The predicted octanol–water partition coefficient (Wildman–Crippen LogP) is 3.00. The van der Waals surface area contributed by atoms with Gasteiger partial charge < -0.3 is 15.0 Å². The Morgan fingerprint density at radius 1 is 1.09 bits per heavy atom. The Kier molecular flexibility index (Phi) is 7.64. The van der Waals surface area contributed by atoms with Crippen molar-refractivity contribution in [3.63, 3.8) is 0 Å². The van der Waals surface area contributed by atoms with Crippen molar-refractivity contribution in [2.24, 2.45) is 0 Å². The van der Waals surface area contributed by atoms with Crippen molar-refractivity contribution < 1.29 is 35.9 Å². The fraction of sp³-hybridized carbons (Fsp3) is 0.364. The largest absolute Gasteiger partial charge is 0.416 e. The number of alkyl halides is 3. The van der Waals surface area contributed by atoms with E-state index in [1.54, 1.807) is 4.90 Å². The van der Waals surface area contributed by atoms with Gasteiger partial charge in [0.2, 0.25) is 15.9 Å². The van der Waals surface area contributed by atoms with Crippen LogP contribution in [-0.2, 0) is 25.7 Å². The van der Waals surface area contributed by atoms with Crippen molar-refractivity contribution in [2.75, 3.05) is 50.1 Å². The summed E-state index contributed by atoms with van der Waals surface area (Å²) in [5, 5.41) is 2.43. The first-order valence-electron chi connectivity index (χ1n) is 10.3. The first-order valence-corrected chi connectivity index (χ1v) is 11.7. The molecule has 0 unspecified atom stereocenters. The summed E-state index contributed by atoms with van der Waals surface area (Å²) in [6, 6.07) is 8.27. The zero-order valence-electron chi connectivity index (χ0n) is 18.6. The standard InChI is InChI=1S/C22H24F3N3O5S/c1-15(29)16-3-6-18(7-4-16)34(31,32)27(2)14-21(30)26-19-13-17(22(23,24)25)5-8-20(19)28-9-11-33-12-10-28/h3-8,13H,9-12,14H2,1-2H3,(H,26,30). The van der Waals surface area contributed by atoms with Gasteiger partial charge in [-0.2, -0.15) is 17.5 Å². The van der Waals surface area contributed by atoms with Gasteiger partial charge in [0.15, 0.2) is 5.78 Å². The molecule has 0 bridgehead atoms. The molecule has 1 saturated heterocycles.